The molecule has 3 heterocycles. The third-order valence-electron chi connectivity index (χ3n) is 4.18. The summed E-state index contributed by atoms with van der Waals surface area (Å²) >= 11 is 3.42. The molecule has 7 nitrogen and oxygen atoms in total. The molecule has 1 aromatic carbocycles. The number of hydrogen-bond donors (Lipinski definition) is 2. The fourth-order valence-electron chi connectivity index (χ4n) is 2.94. The Balaban J connectivity index is 1.53. The van der Waals surface area contributed by atoms with E-state index in [2.05, 4.69) is 48.2 Å². The lowest BCUT2D eigenvalue weighted by atomic mass is 10.2. The van der Waals surface area contributed by atoms with Crippen LogP contribution in [0.25, 0.3) is 5.65 Å². The number of aliphatic hydroxyl groups excluding tert-OH is 1. The number of morpholine rings is 1. The van der Waals surface area contributed by atoms with E-state index in [0.29, 0.717) is 19.0 Å². The number of hydrogen-bond acceptors (Lipinski definition) is 6. The maximum atomic E-state index is 9.27. The number of nitrogens with zero attached hydrogens (tertiary/aromatic N) is 4. The van der Waals surface area contributed by atoms with E-state index < -0.39 is 0 Å². The van der Waals surface area contributed by atoms with Crippen molar-refractivity contribution < 1.29 is 9.84 Å². The number of rotatable bonds is 4. The van der Waals surface area contributed by atoms with Crippen molar-refractivity contribution in [2.75, 3.05) is 36.5 Å². The van der Waals surface area contributed by atoms with Crippen LogP contribution in [0.15, 0.2) is 47.5 Å². The molecule has 1 unspecified atom stereocenters. The first kappa shape index (κ1) is 16.3. The summed E-state index contributed by atoms with van der Waals surface area (Å²) < 4.78 is 8.15. The lowest BCUT2D eigenvalue weighted by Crippen LogP contribution is -2.44. The Labute approximate surface area is 153 Å². The van der Waals surface area contributed by atoms with Crippen molar-refractivity contribution in [3.8, 4) is 0 Å². The molecule has 0 amide bonds. The quantitative estimate of drug-likeness (QED) is 0.696. The first-order chi connectivity index (χ1) is 12.2. The molecule has 1 aliphatic rings. The number of ether oxygens (including phenoxy) is 1. The van der Waals surface area contributed by atoms with Crippen molar-refractivity contribution in [2.45, 2.75) is 6.10 Å². The van der Waals surface area contributed by atoms with Gasteiger partial charge >= 0.3 is 0 Å². The first-order valence-corrected chi connectivity index (χ1v) is 8.86. The fraction of sp³-hybridized carbons (Fsp3) is 0.294. The van der Waals surface area contributed by atoms with Gasteiger partial charge in [-0.2, -0.15) is 0 Å². The zero-order valence-electron chi connectivity index (χ0n) is 13.5. The van der Waals surface area contributed by atoms with Crippen molar-refractivity contribution >= 4 is 38.8 Å². The van der Waals surface area contributed by atoms with E-state index in [-0.39, 0.29) is 12.7 Å². The van der Waals surface area contributed by atoms with Gasteiger partial charge in [-0.25, -0.2) is 9.97 Å². The molecule has 2 aromatic heterocycles. The molecule has 1 aliphatic heterocycles. The van der Waals surface area contributed by atoms with Crippen molar-refractivity contribution in [1.82, 2.24) is 14.4 Å². The molecule has 0 spiro atoms. The van der Waals surface area contributed by atoms with Crippen LogP contribution in [0, 0.1) is 0 Å². The second-order valence-corrected chi connectivity index (χ2v) is 6.68. The predicted molar refractivity (Wildman–Crippen MR) is 99.5 cm³/mol. The summed E-state index contributed by atoms with van der Waals surface area (Å²) in [6.07, 6.45) is 5.37. The highest BCUT2D eigenvalue weighted by molar-refractivity contribution is 9.10. The van der Waals surface area contributed by atoms with E-state index in [0.717, 1.165) is 28.2 Å². The average molecular weight is 404 g/mol. The van der Waals surface area contributed by atoms with Crippen LogP contribution in [-0.4, -0.2) is 51.9 Å². The van der Waals surface area contributed by atoms with Gasteiger partial charge in [0.25, 0.3) is 0 Å². The molecule has 8 heteroatoms. The van der Waals surface area contributed by atoms with E-state index in [1.54, 1.807) is 6.20 Å². The molecule has 130 valence electrons. The number of aromatic nitrogens is 3. The Hall–Kier alpha value is -2.16. The minimum atomic E-state index is -0.119. The highest BCUT2D eigenvalue weighted by atomic mass is 79.9. The van der Waals surface area contributed by atoms with Crippen LogP contribution in [0.1, 0.15) is 0 Å². The smallest absolute Gasteiger partial charge is 0.180 e. The highest BCUT2D eigenvalue weighted by Crippen LogP contribution is 2.24. The first-order valence-electron chi connectivity index (χ1n) is 8.06. The van der Waals surface area contributed by atoms with Gasteiger partial charge in [-0.3, -0.25) is 0 Å². The lowest BCUT2D eigenvalue weighted by molar-refractivity contribution is 0.00357. The number of nitrogens with one attached hydrogen (secondary N) is 1. The molecule has 0 radical (unpaired) electrons. The van der Waals surface area contributed by atoms with Crippen LogP contribution in [0.4, 0.5) is 17.2 Å². The standard InChI is InChI=1S/C17H18BrN5O2/c18-15-10-23-6-5-19-17(23)16(21-15)20-12-1-3-13(4-2-12)22-7-8-25-14(9-22)11-24/h1-6,10,14,24H,7-9,11H2,(H,20,21). The van der Waals surface area contributed by atoms with Gasteiger partial charge in [-0.15, -0.1) is 0 Å². The number of imidazole rings is 1. The molecule has 3 aromatic rings. The summed E-state index contributed by atoms with van der Waals surface area (Å²) in [6.45, 7) is 2.20. The van der Waals surface area contributed by atoms with Gasteiger partial charge in [0.05, 0.1) is 19.3 Å². The van der Waals surface area contributed by atoms with Crippen LogP contribution in [0.5, 0.6) is 0 Å². The lowest BCUT2D eigenvalue weighted by Gasteiger charge is -2.33. The van der Waals surface area contributed by atoms with Gasteiger partial charge in [0.2, 0.25) is 0 Å². The molecule has 25 heavy (non-hydrogen) atoms. The van der Waals surface area contributed by atoms with Gasteiger partial charge in [0, 0.05) is 43.1 Å². The maximum absolute atomic E-state index is 9.27. The monoisotopic (exact) mass is 403 g/mol. The van der Waals surface area contributed by atoms with E-state index in [1.807, 2.05) is 28.9 Å². The minimum absolute atomic E-state index is 0.0466. The number of aliphatic hydroxyl groups is 1. The Morgan fingerprint density at radius 1 is 1.32 bits per heavy atom. The molecule has 2 N–H and O–H groups in total. The average Bonchev–Trinajstić information content (AvgIpc) is 3.11. The van der Waals surface area contributed by atoms with Crippen molar-refractivity contribution in [3.05, 3.63) is 47.5 Å². The SMILES string of the molecule is OCC1CN(c2ccc(Nc3nc(Br)cn4ccnc34)cc2)CCO1. The summed E-state index contributed by atoms with van der Waals surface area (Å²) in [5, 5.41) is 12.6. The molecule has 1 saturated heterocycles. The normalized spacial score (nSPS) is 17.8. The Morgan fingerprint density at radius 3 is 2.96 bits per heavy atom. The number of anilines is 3. The molecule has 1 atom stereocenters. The topological polar surface area (TPSA) is 74.9 Å². The minimum Gasteiger partial charge on any atom is -0.394 e. The van der Waals surface area contributed by atoms with Crippen LogP contribution < -0.4 is 10.2 Å². The third kappa shape index (κ3) is 3.46. The summed E-state index contributed by atoms with van der Waals surface area (Å²) in [4.78, 5) is 11.0. The van der Waals surface area contributed by atoms with E-state index >= 15 is 0 Å². The van der Waals surface area contributed by atoms with Crippen molar-refractivity contribution in [3.63, 3.8) is 0 Å². The molecule has 1 fully saturated rings. The zero-order chi connectivity index (χ0) is 17.2. The Kier molecular flexibility index (Phi) is 4.56. The van der Waals surface area contributed by atoms with Crippen LogP contribution in [-0.2, 0) is 4.74 Å². The summed E-state index contributed by atoms with van der Waals surface area (Å²) in [7, 11) is 0. The maximum Gasteiger partial charge on any atom is 0.180 e. The fourth-order valence-corrected chi connectivity index (χ4v) is 3.34. The van der Waals surface area contributed by atoms with Gasteiger partial charge in [0.1, 0.15) is 4.60 Å². The zero-order valence-corrected chi connectivity index (χ0v) is 15.1. The van der Waals surface area contributed by atoms with Gasteiger partial charge < -0.3 is 24.5 Å². The molecule has 4 rings (SSSR count). The second kappa shape index (κ2) is 6.99. The Bertz CT molecular complexity index is 867. The van der Waals surface area contributed by atoms with E-state index in [1.165, 1.54) is 0 Å². The predicted octanol–water partition coefficient (Wildman–Crippen LogP) is 2.43. The van der Waals surface area contributed by atoms with Gasteiger partial charge in [0.15, 0.2) is 11.5 Å². The molecular formula is C17H18BrN5O2. The molecular weight excluding hydrogens is 386 g/mol. The highest BCUT2D eigenvalue weighted by Gasteiger charge is 2.19. The van der Waals surface area contributed by atoms with Crippen LogP contribution >= 0.6 is 15.9 Å². The summed E-state index contributed by atoms with van der Waals surface area (Å²) in [6, 6.07) is 8.15. The number of fused-ring (bicyclic) bond motifs is 1. The molecule has 0 saturated carbocycles. The second-order valence-electron chi connectivity index (χ2n) is 5.86. The largest absolute Gasteiger partial charge is 0.394 e. The molecule has 0 aliphatic carbocycles. The Morgan fingerprint density at radius 2 is 2.16 bits per heavy atom. The summed E-state index contributed by atoms with van der Waals surface area (Å²) in [5.41, 5.74) is 2.82. The van der Waals surface area contributed by atoms with Crippen LogP contribution in [0.2, 0.25) is 0 Å². The third-order valence-corrected chi connectivity index (χ3v) is 4.56. The number of halogens is 1. The van der Waals surface area contributed by atoms with Crippen LogP contribution in [0.3, 0.4) is 0 Å². The van der Waals surface area contributed by atoms with Gasteiger partial charge in [-0.05, 0) is 40.2 Å². The van der Waals surface area contributed by atoms with Crippen molar-refractivity contribution in [1.29, 1.82) is 0 Å². The number of benzene rings is 1. The molecule has 0 bridgehead atoms. The van der Waals surface area contributed by atoms with E-state index in [9.17, 15) is 5.11 Å². The van der Waals surface area contributed by atoms with Crippen molar-refractivity contribution in [2.24, 2.45) is 0 Å². The van der Waals surface area contributed by atoms with Gasteiger partial charge in [-0.1, -0.05) is 0 Å². The van der Waals surface area contributed by atoms with E-state index in [4.69, 9.17) is 4.74 Å². The summed E-state index contributed by atoms with van der Waals surface area (Å²) in [5.74, 6) is 0.693.